The second-order valence-corrected chi connectivity index (χ2v) is 2.31. The van der Waals surface area contributed by atoms with Crippen LogP contribution in [0.15, 0.2) is 0 Å². The van der Waals surface area contributed by atoms with Crippen LogP contribution in [0.25, 0.3) is 0 Å². The maximum absolute atomic E-state index is 10.5. The summed E-state index contributed by atoms with van der Waals surface area (Å²) in [6.07, 6.45) is -5.22. The number of aliphatic hydroxyl groups excluding tert-OH is 5. The summed E-state index contributed by atoms with van der Waals surface area (Å²) < 4.78 is 0. The summed E-state index contributed by atoms with van der Waals surface area (Å²) in [7, 11) is 0. The van der Waals surface area contributed by atoms with Gasteiger partial charge in [0.05, 0.1) is 6.61 Å². The summed E-state index contributed by atoms with van der Waals surface area (Å²) in [6.45, 7) is -1.69. The predicted octanol–water partition coefficient (Wildman–Crippen LogP) is -3.38. The Morgan fingerprint density at radius 2 is 1.67 bits per heavy atom. The molecule has 0 saturated heterocycles. The van der Waals surface area contributed by atoms with E-state index in [1.807, 2.05) is 0 Å². The number of hydrogen-bond acceptors (Lipinski definition) is 6. The van der Waals surface area contributed by atoms with Gasteiger partial charge in [-0.1, -0.05) is 0 Å². The van der Waals surface area contributed by atoms with E-state index in [1.165, 1.54) is 0 Å². The number of carbonyl (C=O) groups is 1. The lowest BCUT2D eigenvalue weighted by atomic mass is 10.2. The van der Waals surface area contributed by atoms with Crippen LogP contribution in [0.3, 0.4) is 0 Å². The number of Topliss-reactive ketones (excluding diaryl/α,β-unsaturated/α-hetero) is 1. The van der Waals surface area contributed by atoms with Crippen LogP contribution < -0.4 is 0 Å². The van der Waals surface area contributed by atoms with Gasteiger partial charge in [-0.3, -0.25) is 4.79 Å². The van der Waals surface area contributed by atoms with Crippen LogP contribution in [0, 0.1) is 0 Å². The third kappa shape index (κ3) is 2.84. The Morgan fingerprint density at radius 3 is 2.00 bits per heavy atom. The van der Waals surface area contributed by atoms with Gasteiger partial charge in [0.2, 0.25) is 0 Å². The Bertz CT molecular complexity index is 147. The Morgan fingerprint density at radius 1 is 1.17 bits per heavy atom. The van der Waals surface area contributed by atoms with Gasteiger partial charge >= 0.3 is 0 Å². The van der Waals surface area contributed by atoms with Crippen LogP contribution in [0.4, 0.5) is 0 Å². The topological polar surface area (TPSA) is 118 Å². The van der Waals surface area contributed by atoms with E-state index in [0.29, 0.717) is 0 Å². The first-order chi connectivity index (χ1) is 5.54. The molecule has 72 valence electrons. The van der Waals surface area contributed by atoms with Crippen molar-refractivity contribution in [3.05, 3.63) is 0 Å². The van der Waals surface area contributed by atoms with Crippen molar-refractivity contribution in [2.24, 2.45) is 0 Å². The summed E-state index contributed by atoms with van der Waals surface area (Å²) >= 11 is 0. The molecule has 0 aromatic heterocycles. The first kappa shape index (κ1) is 11.5. The molecule has 12 heavy (non-hydrogen) atoms. The Labute approximate surface area is 68.7 Å². The zero-order chi connectivity index (χ0) is 9.72. The second-order valence-electron chi connectivity index (χ2n) is 2.31. The molecule has 6 heteroatoms. The van der Waals surface area contributed by atoms with Gasteiger partial charge in [0, 0.05) is 0 Å². The fourth-order valence-corrected chi connectivity index (χ4v) is 0.602. The van der Waals surface area contributed by atoms with E-state index in [0.717, 1.165) is 0 Å². The van der Waals surface area contributed by atoms with E-state index in [2.05, 4.69) is 0 Å². The van der Waals surface area contributed by atoms with E-state index >= 15 is 0 Å². The summed E-state index contributed by atoms with van der Waals surface area (Å²) in [4.78, 5) is 10.5. The lowest BCUT2D eigenvalue weighted by molar-refractivity contribution is -0.142. The zero-order valence-electron chi connectivity index (χ0n) is 6.29. The van der Waals surface area contributed by atoms with Crippen molar-refractivity contribution in [1.29, 1.82) is 0 Å². The van der Waals surface area contributed by atoms with Gasteiger partial charge in [-0.15, -0.1) is 0 Å². The SMILES string of the molecule is O=C(CO)[C@@H](O)[C@H](O)[13C@H](O)CO. The Kier molecular flexibility index (Phi) is 4.95. The molecule has 0 saturated carbocycles. The number of ketones is 1. The van der Waals surface area contributed by atoms with Gasteiger partial charge in [0.1, 0.15) is 24.9 Å². The van der Waals surface area contributed by atoms with Crippen LogP contribution in [0.5, 0.6) is 0 Å². The molecule has 0 spiro atoms. The van der Waals surface area contributed by atoms with Crippen LogP contribution in [0.2, 0.25) is 0 Å². The van der Waals surface area contributed by atoms with Crippen LogP contribution >= 0.6 is 0 Å². The molecule has 6 nitrogen and oxygen atoms in total. The third-order valence-corrected chi connectivity index (χ3v) is 1.39. The molecule has 5 N–H and O–H groups in total. The lowest BCUT2D eigenvalue weighted by Gasteiger charge is -2.19. The first-order valence-corrected chi connectivity index (χ1v) is 3.33. The molecule has 3 atom stereocenters. The Hall–Kier alpha value is -0.530. The number of aliphatic hydroxyl groups is 5. The minimum atomic E-state index is -1.86. The van der Waals surface area contributed by atoms with Gasteiger partial charge in [0.25, 0.3) is 0 Å². The molecule has 0 radical (unpaired) electrons. The average Bonchev–Trinajstić information content (AvgIpc) is 2.12. The summed E-state index contributed by atoms with van der Waals surface area (Å²) in [5, 5.41) is 43.1. The molecule has 0 aromatic rings. The minimum absolute atomic E-state index is 0.767. The first-order valence-electron chi connectivity index (χ1n) is 3.33. The van der Waals surface area contributed by atoms with Gasteiger partial charge in [-0.05, 0) is 0 Å². The molecule has 0 rings (SSSR count). The largest absolute Gasteiger partial charge is 0.394 e. The smallest absolute Gasteiger partial charge is 0.189 e. The van der Waals surface area contributed by atoms with Crippen molar-refractivity contribution < 1.29 is 30.3 Å². The maximum atomic E-state index is 10.5. The van der Waals surface area contributed by atoms with E-state index in [4.69, 9.17) is 25.5 Å². The molecule has 0 fully saturated rings. The quantitative estimate of drug-likeness (QED) is 0.282. The van der Waals surface area contributed by atoms with Crippen LogP contribution in [-0.4, -0.2) is 62.8 Å². The average molecular weight is 181 g/mol. The molecule has 0 aliphatic heterocycles. The number of hydrogen-bond donors (Lipinski definition) is 5. The molecular weight excluding hydrogens is 169 g/mol. The fraction of sp³-hybridized carbons (Fsp3) is 0.833. The standard InChI is InChI=1S/C6H12O6/c7-1-3(9)5(11)6(12)4(10)2-8/h3,5-9,11-12H,1-2H2/t3-,5-,6-/m1/s1/i3+1. The van der Waals surface area contributed by atoms with Gasteiger partial charge in [0.15, 0.2) is 5.78 Å². The summed E-state index contributed by atoms with van der Waals surface area (Å²) in [5.74, 6) is -1.00. The van der Waals surface area contributed by atoms with Crippen LogP contribution in [0.1, 0.15) is 0 Å². The highest BCUT2D eigenvalue weighted by atomic mass is 16.4. The van der Waals surface area contributed by atoms with E-state index in [9.17, 15) is 4.79 Å². The van der Waals surface area contributed by atoms with Crippen molar-refractivity contribution >= 4 is 5.78 Å². The second kappa shape index (κ2) is 5.18. The van der Waals surface area contributed by atoms with E-state index < -0.39 is 37.3 Å². The zero-order valence-corrected chi connectivity index (χ0v) is 6.29. The number of carbonyl (C=O) groups excluding carboxylic acids is 1. The van der Waals surface area contributed by atoms with Crippen LogP contribution in [-0.2, 0) is 4.79 Å². The molecular formula is C6H12O6. The van der Waals surface area contributed by atoms with Crippen molar-refractivity contribution in [3.63, 3.8) is 0 Å². The van der Waals surface area contributed by atoms with Crippen molar-refractivity contribution in [3.8, 4) is 0 Å². The molecule has 0 heterocycles. The van der Waals surface area contributed by atoms with Crippen molar-refractivity contribution in [2.45, 2.75) is 18.3 Å². The molecule has 0 unspecified atom stereocenters. The molecule has 0 amide bonds. The fourth-order valence-electron chi connectivity index (χ4n) is 0.602. The minimum Gasteiger partial charge on any atom is -0.394 e. The monoisotopic (exact) mass is 181 g/mol. The molecule has 0 bridgehead atoms. The maximum Gasteiger partial charge on any atom is 0.189 e. The van der Waals surface area contributed by atoms with E-state index in [1.54, 1.807) is 0 Å². The molecule has 0 aliphatic carbocycles. The predicted molar refractivity (Wildman–Crippen MR) is 37.2 cm³/mol. The highest BCUT2D eigenvalue weighted by Gasteiger charge is 2.28. The molecule has 0 aliphatic rings. The third-order valence-electron chi connectivity index (χ3n) is 1.39. The van der Waals surface area contributed by atoms with Gasteiger partial charge in [-0.25, -0.2) is 0 Å². The van der Waals surface area contributed by atoms with E-state index in [-0.39, 0.29) is 0 Å². The highest BCUT2D eigenvalue weighted by molar-refractivity contribution is 5.84. The lowest BCUT2D eigenvalue weighted by Crippen LogP contribution is -2.44. The van der Waals surface area contributed by atoms with Crippen molar-refractivity contribution in [2.75, 3.05) is 13.2 Å². The van der Waals surface area contributed by atoms with Crippen molar-refractivity contribution in [1.82, 2.24) is 0 Å². The summed E-state index contributed by atoms with van der Waals surface area (Å²) in [5.41, 5.74) is 0. The van der Waals surface area contributed by atoms with Gasteiger partial charge in [-0.2, -0.15) is 0 Å². The number of rotatable bonds is 5. The summed E-state index contributed by atoms with van der Waals surface area (Å²) in [6, 6.07) is 0. The molecule has 0 aromatic carbocycles. The highest BCUT2D eigenvalue weighted by Crippen LogP contribution is 2.00. The normalized spacial score (nSPS) is 18.4. The Balaban J connectivity index is 4.08. The van der Waals surface area contributed by atoms with Gasteiger partial charge < -0.3 is 25.5 Å².